The van der Waals surface area contributed by atoms with Crippen molar-refractivity contribution in [3.63, 3.8) is 0 Å². The molecule has 0 bridgehead atoms. The lowest BCUT2D eigenvalue weighted by atomic mass is 10.1. The number of nitrogens with zero attached hydrogens (tertiary/aromatic N) is 2. The molecule has 2 fully saturated rings. The normalized spacial score (nSPS) is 21.5. The summed E-state index contributed by atoms with van der Waals surface area (Å²) in [6.07, 6.45) is 2.77. The fraction of sp³-hybridized carbons (Fsp3) is 0.647. The lowest BCUT2D eigenvalue weighted by Crippen LogP contribution is -2.47. The Morgan fingerprint density at radius 2 is 1.95 bits per heavy atom. The van der Waals surface area contributed by atoms with E-state index >= 15 is 0 Å². The van der Waals surface area contributed by atoms with Crippen molar-refractivity contribution in [2.45, 2.75) is 38.8 Å². The molecule has 21 heavy (non-hydrogen) atoms. The maximum Gasteiger partial charge on any atom is 0.122 e. The molecule has 1 atom stereocenters. The van der Waals surface area contributed by atoms with Crippen LogP contribution >= 0.6 is 0 Å². The number of rotatable bonds is 5. The number of benzene rings is 1. The van der Waals surface area contributed by atoms with E-state index in [9.17, 15) is 5.11 Å². The Hall–Kier alpha value is -1.26. The third-order valence-corrected chi connectivity index (χ3v) is 4.73. The molecule has 0 aromatic heterocycles. The molecule has 2 N–H and O–H groups in total. The standard InChI is InChI=1S/C17H27N3O/c1-3-18-13(2)16-7-6-15(12-17(16)21)20-10-8-19(9-11-20)14-4-5-14/h6-7,12-14,18,21H,3-5,8-11H2,1-2H3. The number of piperazine rings is 1. The Balaban J connectivity index is 1.64. The molecule has 4 heteroatoms. The van der Waals surface area contributed by atoms with Crippen LogP contribution < -0.4 is 10.2 Å². The van der Waals surface area contributed by atoms with Gasteiger partial charge in [0.15, 0.2) is 0 Å². The average molecular weight is 289 g/mol. The Morgan fingerprint density at radius 1 is 1.24 bits per heavy atom. The van der Waals surface area contributed by atoms with E-state index in [-0.39, 0.29) is 6.04 Å². The van der Waals surface area contributed by atoms with Crippen molar-refractivity contribution in [2.24, 2.45) is 0 Å². The fourth-order valence-corrected chi connectivity index (χ4v) is 3.30. The van der Waals surface area contributed by atoms with Gasteiger partial charge in [-0.05, 0) is 32.4 Å². The number of hydrogen-bond donors (Lipinski definition) is 2. The fourth-order valence-electron chi connectivity index (χ4n) is 3.30. The van der Waals surface area contributed by atoms with E-state index in [0.717, 1.165) is 50.0 Å². The van der Waals surface area contributed by atoms with Crippen molar-refractivity contribution in [3.05, 3.63) is 23.8 Å². The number of aromatic hydroxyl groups is 1. The highest BCUT2D eigenvalue weighted by Gasteiger charge is 2.31. The highest BCUT2D eigenvalue weighted by atomic mass is 16.3. The second kappa shape index (κ2) is 6.24. The Labute approximate surface area is 127 Å². The largest absolute Gasteiger partial charge is 0.508 e. The van der Waals surface area contributed by atoms with Crippen LogP contribution in [0.3, 0.4) is 0 Å². The predicted octanol–water partition coefficient (Wildman–Crippen LogP) is 2.35. The van der Waals surface area contributed by atoms with Gasteiger partial charge >= 0.3 is 0 Å². The summed E-state index contributed by atoms with van der Waals surface area (Å²) in [6.45, 7) is 9.53. The maximum atomic E-state index is 10.3. The van der Waals surface area contributed by atoms with Gasteiger partial charge in [0.25, 0.3) is 0 Å². The van der Waals surface area contributed by atoms with Crippen LogP contribution in [0.2, 0.25) is 0 Å². The molecule has 2 aliphatic rings. The van der Waals surface area contributed by atoms with Gasteiger partial charge in [0.05, 0.1) is 0 Å². The van der Waals surface area contributed by atoms with Gasteiger partial charge in [0, 0.05) is 55.6 Å². The molecular formula is C17H27N3O. The molecule has 1 unspecified atom stereocenters. The van der Waals surface area contributed by atoms with Crippen molar-refractivity contribution < 1.29 is 5.11 Å². The van der Waals surface area contributed by atoms with Gasteiger partial charge in [0.1, 0.15) is 5.75 Å². The van der Waals surface area contributed by atoms with E-state index in [0.29, 0.717) is 5.75 Å². The summed E-state index contributed by atoms with van der Waals surface area (Å²) in [5, 5.41) is 13.6. The quantitative estimate of drug-likeness (QED) is 0.873. The lowest BCUT2D eigenvalue weighted by molar-refractivity contribution is 0.248. The predicted molar refractivity (Wildman–Crippen MR) is 87.0 cm³/mol. The Bertz CT molecular complexity index is 479. The molecular weight excluding hydrogens is 262 g/mol. The summed E-state index contributed by atoms with van der Waals surface area (Å²) in [5.41, 5.74) is 2.13. The van der Waals surface area contributed by atoms with Crippen molar-refractivity contribution in [1.29, 1.82) is 0 Å². The van der Waals surface area contributed by atoms with Crippen LogP contribution in [0.1, 0.15) is 38.3 Å². The second-order valence-electron chi connectivity index (χ2n) is 6.28. The molecule has 0 amide bonds. The van der Waals surface area contributed by atoms with E-state index in [1.807, 2.05) is 6.07 Å². The molecule has 4 nitrogen and oxygen atoms in total. The summed E-state index contributed by atoms with van der Waals surface area (Å²) < 4.78 is 0. The van der Waals surface area contributed by atoms with E-state index in [1.165, 1.54) is 12.8 Å². The smallest absolute Gasteiger partial charge is 0.122 e. The summed E-state index contributed by atoms with van der Waals surface area (Å²) >= 11 is 0. The molecule has 0 radical (unpaired) electrons. The topological polar surface area (TPSA) is 38.7 Å². The zero-order valence-corrected chi connectivity index (χ0v) is 13.2. The van der Waals surface area contributed by atoms with Gasteiger partial charge in [-0.3, -0.25) is 4.90 Å². The van der Waals surface area contributed by atoms with Crippen molar-refractivity contribution in [3.8, 4) is 5.75 Å². The lowest BCUT2D eigenvalue weighted by Gasteiger charge is -2.36. The summed E-state index contributed by atoms with van der Waals surface area (Å²) in [4.78, 5) is 5.00. The maximum absolute atomic E-state index is 10.3. The average Bonchev–Trinajstić information content (AvgIpc) is 3.32. The minimum Gasteiger partial charge on any atom is -0.508 e. The molecule has 1 heterocycles. The van der Waals surface area contributed by atoms with Gasteiger partial charge in [-0.2, -0.15) is 0 Å². The van der Waals surface area contributed by atoms with Crippen LogP contribution in [0, 0.1) is 0 Å². The van der Waals surface area contributed by atoms with Crippen LogP contribution in [-0.4, -0.2) is 48.8 Å². The highest BCUT2D eigenvalue weighted by molar-refractivity contribution is 5.54. The molecule has 1 saturated heterocycles. The molecule has 116 valence electrons. The first-order chi connectivity index (χ1) is 10.2. The summed E-state index contributed by atoms with van der Waals surface area (Å²) in [7, 11) is 0. The monoisotopic (exact) mass is 289 g/mol. The van der Waals surface area contributed by atoms with Gasteiger partial charge in [-0.1, -0.05) is 13.0 Å². The third-order valence-electron chi connectivity index (χ3n) is 4.73. The van der Waals surface area contributed by atoms with Crippen molar-refractivity contribution in [1.82, 2.24) is 10.2 Å². The van der Waals surface area contributed by atoms with Gasteiger partial charge in [0.2, 0.25) is 0 Å². The van der Waals surface area contributed by atoms with Crippen molar-refractivity contribution in [2.75, 3.05) is 37.6 Å². The molecule has 1 saturated carbocycles. The molecule has 1 aromatic rings. The zero-order chi connectivity index (χ0) is 14.8. The van der Waals surface area contributed by atoms with Crippen LogP contribution in [-0.2, 0) is 0 Å². The number of phenolic OH excluding ortho intramolecular Hbond substituents is 1. The first-order valence-electron chi connectivity index (χ1n) is 8.24. The molecule has 0 spiro atoms. The van der Waals surface area contributed by atoms with Crippen LogP contribution in [0.15, 0.2) is 18.2 Å². The number of phenols is 1. The number of nitrogens with one attached hydrogen (secondary N) is 1. The van der Waals surface area contributed by atoms with Crippen LogP contribution in [0.25, 0.3) is 0 Å². The minimum absolute atomic E-state index is 0.191. The SMILES string of the molecule is CCNC(C)c1ccc(N2CCN(C3CC3)CC2)cc1O. The van der Waals surface area contributed by atoms with Gasteiger partial charge in [-0.15, -0.1) is 0 Å². The Morgan fingerprint density at radius 3 is 2.52 bits per heavy atom. The van der Waals surface area contributed by atoms with Crippen molar-refractivity contribution >= 4 is 5.69 Å². The van der Waals surface area contributed by atoms with Gasteiger partial charge < -0.3 is 15.3 Å². The summed E-state index contributed by atoms with van der Waals surface area (Å²) in [5.74, 6) is 0.408. The molecule has 1 aromatic carbocycles. The second-order valence-corrected chi connectivity index (χ2v) is 6.28. The number of hydrogen-bond acceptors (Lipinski definition) is 4. The first-order valence-corrected chi connectivity index (χ1v) is 8.24. The van der Waals surface area contributed by atoms with E-state index in [2.05, 4.69) is 41.1 Å². The third kappa shape index (κ3) is 3.33. The van der Waals surface area contributed by atoms with E-state index in [1.54, 1.807) is 0 Å². The van der Waals surface area contributed by atoms with Gasteiger partial charge in [-0.25, -0.2) is 0 Å². The first kappa shape index (κ1) is 14.7. The van der Waals surface area contributed by atoms with E-state index < -0.39 is 0 Å². The minimum atomic E-state index is 0.191. The van der Waals surface area contributed by atoms with E-state index in [4.69, 9.17) is 0 Å². The summed E-state index contributed by atoms with van der Waals surface area (Å²) in [6, 6.07) is 7.19. The molecule has 3 rings (SSSR count). The zero-order valence-electron chi connectivity index (χ0n) is 13.2. The van der Waals surface area contributed by atoms with Crippen LogP contribution in [0.4, 0.5) is 5.69 Å². The molecule has 1 aliphatic carbocycles. The number of anilines is 1. The highest BCUT2D eigenvalue weighted by Crippen LogP contribution is 2.31. The van der Waals surface area contributed by atoms with Crippen LogP contribution in [0.5, 0.6) is 5.75 Å². The Kier molecular flexibility index (Phi) is 4.36. The molecule has 1 aliphatic heterocycles.